The van der Waals surface area contributed by atoms with Gasteiger partial charge in [0.25, 0.3) is 0 Å². The summed E-state index contributed by atoms with van der Waals surface area (Å²) in [6.07, 6.45) is 0. The monoisotopic (exact) mass is 297 g/mol. The molecule has 3 aromatic rings. The lowest BCUT2D eigenvalue weighted by Gasteiger charge is -2.10. The van der Waals surface area contributed by atoms with Gasteiger partial charge < -0.3 is 5.32 Å². The maximum Gasteiger partial charge on any atom is 0.162 e. The zero-order valence-electron chi connectivity index (χ0n) is 12.0. The molecule has 106 valence electrons. The number of rotatable bonds is 3. The van der Waals surface area contributed by atoms with Gasteiger partial charge in [0, 0.05) is 22.5 Å². The molecule has 3 nitrogen and oxygen atoms in total. The molecule has 3 rings (SSSR count). The summed E-state index contributed by atoms with van der Waals surface area (Å²) in [7, 11) is 0. The lowest BCUT2D eigenvalue weighted by molar-refractivity contribution is 1.14. The van der Waals surface area contributed by atoms with E-state index in [9.17, 15) is 0 Å². The Balaban J connectivity index is 2.23. The zero-order chi connectivity index (χ0) is 14.8. The van der Waals surface area contributed by atoms with Crippen LogP contribution in [0.4, 0.5) is 5.82 Å². The lowest BCUT2D eigenvalue weighted by atomic mass is 10.1. The summed E-state index contributed by atoms with van der Waals surface area (Å²) in [4.78, 5) is 9.32. The molecule has 0 aliphatic heterocycles. The number of halogens is 1. The number of hydrogen-bond acceptors (Lipinski definition) is 3. The number of benzene rings is 2. The summed E-state index contributed by atoms with van der Waals surface area (Å²) in [6.45, 7) is 4.91. The fourth-order valence-corrected chi connectivity index (χ4v) is 2.49. The van der Waals surface area contributed by atoms with Crippen LogP contribution in [0.15, 0.2) is 42.5 Å². The van der Waals surface area contributed by atoms with Crippen molar-refractivity contribution in [2.45, 2.75) is 13.8 Å². The molecule has 0 aliphatic rings. The highest BCUT2D eigenvalue weighted by atomic mass is 35.5. The Hall–Kier alpha value is -2.13. The first kappa shape index (κ1) is 13.8. The van der Waals surface area contributed by atoms with Crippen LogP contribution in [0.2, 0.25) is 5.02 Å². The van der Waals surface area contributed by atoms with Crippen molar-refractivity contribution < 1.29 is 0 Å². The van der Waals surface area contributed by atoms with E-state index in [-0.39, 0.29) is 0 Å². The smallest absolute Gasteiger partial charge is 0.162 e. The zero-order valence-corrected chi connectivity index (χ0v) is 12.8. The standard InChI is InChI=1S/C17H16ClN3/c1-3-19-17-14-10-13(18)7-8-15(14)20-16(21-17)12-6-4-5-11(2)9-12/h4-10H,3H2,1-2H3,(H,19,20,21). The number of anilines is 1. The van der Waals surface area contributed by atoms with E-state index in [4.69, 9.17) is 11.6 Å². The number of aromatic nitrogens is 2. The highest BCUT2D eigenvalue weighted by molar-refractivity contribution is 6.31. The van der Waals surface area contributed by atoms with Crippen LogP contribution in [-0.2, 0) is 0 Å². The van der Waals surface area contributed by atoms with E-state index >= 15 is 0 Å². The lowest BCUT2D eigenvalue weighted by Crippen LogP contribution is -2.03. The first-order chi connectivity index (χ1) is 10.2. The first-order valence-corrected chi connectivity index (χ1v) is 7.33. The Morgan fingerprint density at radius 1 is 1.10 bits per heavy atom. The molecule has 0 atom stereocenters. The van der Waals surface area contributed by atoms with Gasteiger partial charge in [-0.15, -0.1) is 0 Å². The van der Waals surface area contributed by atoms with Crippen molar-refractivity contribution in [2.24, 2.45) is 0 Å². The minimum Gasteiger partial charge on any atom is -0.370 e. The van der Waals surface area contributed by atoms with Gasteiger partial charge in [-0.3, -0.25) is 0 Å². The van der Waals surface area contributed by atoms with E-state index in [2.05, 4.69) is 34.3 Å². The van der Waals surface area contributed by atoms with Crippen molar-refractivity contribution in [3.63, 3.8) is 0 Å². The van der Waals surface area contributed by atoms with Crippen LogP contribution in [0.5, 0.6) is 0 Å². The minimum absolute atomic E-state index is 0.688. The molecule has 0 bridgehead atoms. The van der Waals surface area contributed by atoms with Crippen LogP contribution in [-0.4, -0.2) is 16.5 Å². The van der Waals surface area contributed by atoms with Crippen molar-refractivity contribution in [3.8, 4) is 11.4 Å². The van der Waals surface area contributed by atoms with Gasteiger partial charge in [0.2, 0.25) is 0 Å². The summed E-state index contributed by atoms with van der Waals surface area (Å²) in [5.41, 5.74) is 3.10. The van der Waals surface area contributed by atoms with Crippen LogP contribution in [0.1, 0.15) is 12.5 Å². The minimum atomic E-state index is 0.688. The van der Waals surface area contributed by atoms with Crippen molar-refractivity contribution >= 4 is 28.3 Å². The second-order valence-corrected chi connectivity index (χ2v) is 5.39. The SMILES string of the molecule is CCNc1nc(-c2cccc(C)c2)nc2ccc(Cl)cc12. The summed E-state index contributed by atoms with van der Waals surface area (Å²) >= 11 is 6.09. The molecule has 0 radical (unpaired) electrons. The summed E-state index contributed by atoms with van der Waals surface area (Å²) in [5.74, 6) is 1.55. The van der Waals surface area contributed by atoms with E-state index < -0.39 is 0 Å². The highest BCUT2D eigenvalue weighted by Gasteiger charge is 2.09. The predicted molar refractivity (Wildman–Crippen MR) is 88.9 cm³/mol. The summed E-state index contributed by atoms with van der Waals surface area (Å²) in [6, 6.07) is 13.9. The van der Waals surface area contributed by atoms with Crippen molar-refractivity contribution in [3.05, 3.63) is 53.1 Å². The van der Waals surface area contributed by atoms with E-state index in [1.165, 1.54) is 5.56 Å². The topological polar surface area (TPSA) is 37.8 Å². The second-order valence-electron chi connectivity index (χ2n) is 4.96. The molecule has 21 heavy (non-hydrogen) atoms. The molecule has 0 unspecified atom stereocenters. The van der Waals surface area contributed by atoms with Crippen molar-refractivity contribution in [2.75, 3.05) is 11.9 Å². The van der Waals surface area contributed by atoms with E-state index in [0.29, 0.717) is 5.02 Å². The van der Waals surface area contributed by atoms with Gasteiger partial charge in [-0.2, -0.15) is 0 Å². The van der Waals surface area contributed by atoms with Gasteiger partial charge in [0.15, 0.2) is 5.82 Å². The highest BCUT2D eigenvalue weighted by Crippen LogP contribution is 2.27. The number of fused-ring (bicyclic) bond motifs is 1. The summed E-state index contributed by atoms with van der Waals surface area (Å²) in [5, 5.41) is 4.93. The molecule has 2 aromatic carbocycles. The van der Waals surface area contributed by atoms with Gasteiger partial charge >= 0.3 is 0 Å². The fraction of sp³-hybridized carbons (Fsp3) is 0.176. The third kappa shape index (κ3) is 2.83. The second kappa shape index (κ2) is 5.70. The molecule has 0 amide bonds. The van der Waals surface area contributed by atoms with Crippen LogP contribution >= 0.6 is 11.6 Å². The number of nitrogens with zero attached hydrogens (tertiary/aromatic N) is 2. The quantitative estimate of drug-likeness (QED) is 0.762. The van der Waals surface area contributed by atoms with Gasteiger partial charge in [0.05, 0.1) is 5.52 Å². The maximum absolute atomic E-state index is 6.09. The largest absolute Gasteiger partial charge is 0.370 e. The maximum atomic E-state index is 6.09. The third-order valence-electron chi connectivity index (χ3n) is 3.28. The Kier molecular flexibility index (Phi) is 3.76. The molecule has 1 aromatic heterocycles. The number of nitrogens with one attached hydrogen (secondary N) is 1. The Morgan fingerprint density at radius 2 is 1.95 bits per heavy atom. The van der Waals surface area contributed by atoms with Gasteiger partial charge in [-0.1, -0.05) is 35.4 Å². The van der Waals surface area contributed by atoms with Crippen LogP contribution < -0.4 is 5.32 Å². The molecule has 1 N–H and O–H groups in total. The van der Waals surface area contributed by atoms with Crippen LogP contribution in [0.3, 0.4) is 0 Å². The molecule has 0 fully saturated rings. The molecule has 0 aliphatic carbocycles. The first-order valence-electron chi connectivity index (χ1n) is 6.95. The van der Waals surface area contributed by atoms with E-state index in [1.54, 1.807) is 0 Å². The fourth-order valence-electron chi connectivity index (χ4n) is 2.32. The molecule has 4 heteroatoms. The normalized spacial score (nSPS) is 10.8. The number of hydrogen-bond donors (Lipinski definition) is 1. The third-order valence-corrected chi connectivity index (χ3v) is 3.51. The van der Waals surface area contributed by atoms with Gasteiger partial charge in [-0.05, 0) is 38.1 Å². The van der Waals surface area contributed by atoms with Crippen LogP contribution in [0, 0.1) is 6.92 Å². The molecule has 1 heterocycles. The van der Waals surface area contributed by atoms with Gasteiger partial charge in [-0.25, -0.2) is 9.97 Å². The Morgan fingerprint density at radius 3 is 2.71 bits per heavy atom. The Bertz CT molecular complexity index is 799. The molecular weight excluding hydrogens is 282 g/mol. The van der Waals surface area contributed by atoms with Crippen molar-refractivity contribution in [1.82, 2.24) is 9.97 Å². The van der Waals surface area contributed by atoms with E-state index in [1.807, 2.05) is 37.3 Å². The predicted octanol–water partition coefficient (Wildman–Crippen LogP) is 4.69. The summed E-state index contributed by atoms with van der Waals surface area (Å²) < 4.78 is 0. The number of aryl methyl sites for hydroxylation is 1. The van der Waals surface area contributed by atoms with Crippen molar-refractivity contribution in [1.29, 1.82) is 0 Å². The van der Waals surface area contributed by atoms with Gasteiger partial charge in [0.1, 0.15) is 5.82 Å². The Labute approximate surface area is 129 Å². The molecular formula is C17H16ClN3. The van der Waals surface area contributed by atoms with E-state index in [0.717, 1.165) is 34.7 Å². The molecule has 0 spiro atoms. The van der Waals surface area contributed by atoms with Crippen LogP contribution in [0.25, 0.3) is 22.3 Å². The molecule has 0 saturated carbocycles. The average Bonchev–Trinajstić information content (AvgIpc) is 2.48. The average molecular weight is 298 g/mol. The molecule has 0 saturated heterocycles.